The van der Waals surface area contributed by atoms with Gasteiger partial charge in [0.2, 0.25) is 0 Å². The van der Waals surface area contributed by atoms with Crippen molar-refractivity contribution in [1.82, 2.24) is 25.4 Å². The van der Waals surface area contributed by atoms with E-state index in [4.69, 9.17) is 4.98 Å². The average Bonchev–Trinajstić information content (AvgIpc) is 3.30. The first kappa shape index (κ1) is 19.6. The van der Waals surface area contributed by atoms with Gasteiger partial charge in [-0.2, -0.15) is 5.10 Å². The number of nitrogens with one attached hydrogen (secondary N) is 2. The third-order valence-corrected chi connectivity index (χ3v) is 5.79. The van der Waals surface area contributed by atoms with E-state index in [1.807, 2.05) is 36.7 Å². The van der Waals surface area contributed by atoms with Gasteiger partial charge < -0.3 is 5.32 Å². The minimum Gasteiger partial charge on any atom is -0.314 e. The van der Waals surface area contributed by atoms with Crippen LogP contribution >= 0.6 is 0 Å². The van der Waals surface area contributed by atoms with Crippen molar-refractivity contribution >= 4 is 0 Å². The van der Waals surface area contributed by atoms with Crippen LogP contribution in [0.5, 0.6) is 0 Å². The summed E-state index contributed by atoms with van der Waals surface area (Å²) in [6.45, 7) is 3.62. The Bertz CT molecular complexity index is 1130. The zero-order chi connectivity index (χ0) is 21.0. The SMILES string of the molecule is Fc1ccccc1-c1[nH]ncc1C(c1ccc(-c2ccccc2)nc1)N1CCNCC1. The molecule has 2 aromatic carbocycles. The van der Waals surface area contributed by atoms with E-state index in [1.54, 1.807) is 12.1 Å². The van der Waals surface area contributed by atoms with Crippen LogP contribution < -0.4 is 5.32 Å². The summed E-state index contributed by atoms with van der Waals surface area (Å²) in [4.78, 5) is 7.16. The van der Waals surface area contributed by atoms with Gasteiger partial charge in [0.25, 0.3) is 0 Å². The molecule has 1 aliphatic heterocycles. The second-order valence-corrected chi connectivity index (χ2v) is 7.71. The highest BCUT2D eigenvalue weighted by atomic mass is 19.1. The molecule has 156 valence electrons. The van der Waals surface area contributed by atoms with Crippen molar-refractivity contribution in [3.05, 3.63) is 96.1 Å². The number of halogens is 1. The van der Waals surface area contributed by atoms with Gasteiger partial charge in [0.15, 0.2) is 0 Å². The topological polar surface area (TPSA) is 56.8 Å². The fourth-order valence-electron chi connectivity index (χ4n) is 4.26. The number of pyridine rings is 1. The van der Waals surface area contributed by atoms with Crippen molar-refractivity contribution in [2.75, 3.05) is 26.2 Å². The van der Waals surface area contributed by atoms with Gasteiger partial charge in [-0.25, -0.2) is 4.39 Å². The van der Waals surface area contributed by atoms with Crippen molar-refractivity contribution in [1.29, 1.82) is 0 Å². The van der Waals surface area contributed by atoms with E-state index in [9.17, 15) is 4.39 Å². The summed E-state index contributed by atoms with van der Waals surface area (Å²) in [7, 11) is 0. The third-order valence-electron chi connectivity index (χ3n) is 5.79. The summed E-state index contributed by atoms with van der Waals surface area (Å²) in [5.74, 6) is -0.260. The van der Waals surface area contributed by atoms with Crippen LogP contribution in [0.4, 0.5) is 4.39 Å². The summed E-state index contributed by atoms with van der Waals surface area (Å²) in [6.07, 6.45) is 3.76. The van der Waals surface area contributed by atoms with E-state index < -0.39 is 0 Å². The van der Waals surface area contributed by atoms with Crippen LogP contribution in [-0.2, 0) is 0 Å². The molecular formula is C25H24FN5. The van der Waals surface area contributed by atoms with Gasteiger partial charge in [-0.05, 0) is 23.8 Å². The lowest BCUT2D eigenvalue weighted by Crippen LogP contribution is -2.45. The van der Waals surface area contributed by atoms with Crippen molar-refractivity contribution < 1.29 is 4.39 Å². The molecule has 0 radical (unpaired) electrons. The van der Waals surface area contributed by atoms with Crippen molar-refractivity contribution in [3.63, 3.8) is 0 Å². The molecular weight excluding hydrogens is 389 g/mol. The van der Waals surface area contributed by atoms with E-state index in [2.05, 4.69) is 44.7 Å². The average molecular weight is 414 g/mol. The second kappa shape index (κ2) is 8.79. The summed E-state index contributed by atoms with van der Waals surface area (Å²) < 4.78 is 14.6. The molecule has 2 N–H and O–H groups in total. The fourth-order valence-corrected chi connectivity index (χ4v) is 4.26. The van der Waals surface area contributed by atoms with Crippen LogP contribution in [-0.4, -0.2) is 46.3 Å². The molecule has 1 fully saturated rings. The molecule has 4 aromatic rings. The Morgan fingerprint density at radius 2 is 1.65 bits per heavy atom. The first-order chi connectivity index (χ1) is 15.3. The highest BCUT2D eigenvalue weighted by Gasteiger charge is 2.28. The summed E-state index contributed by atoms with van der Waals surface area (Å²) >= 11 is 0. The molecule has 0 spiro atoms. The molecule has 1 saturated heterocycles. The molecule has 5 rings (SSSR count). The normalized spacial score (nSPS) is 15.6. The number of hydrogen-bond donors (Lipinski definition) is 2. The van der Waals surface area contributed by atoms with Gasteiger partial charge in [0.05, 0.1) is 23.6 Å². The standard InChI is InChI=1S/C25H24FN5/c26-22-9-5-4-8-20(22)24-21(17-29-30-24)25(31-14-12-27-13-15-31)19-10-11-23(28-16-19)18-6-2-1-3-7-18/h1-11,16-17,25,27H,12-15H2,(H,29,30). The molecule has 0 amide bonds. The van der Waals surface area contributed by atoms with Crippen molar-refractivity contribution in [3.8, 4) is 22.5 Å². The molecule has 1 atom stereocenters. The molecule has 31 heavy (non-hydrogen) atoms. The molecule has 6 heteroatoms. The first-order valence-electron chi connectivity index (χ1n) is 10.6. The summed E-state index contributed by atoms with van der Waals surface area (Å²) in [5.41, 5.74) is 5.30. The molecule has 0 aliphatic carbocycles. The summed E-state index contributed by atoms with van der Waals surface area (Å²) in [6, 6.07) is 21.1. The number of piperazine rings is 1. The van der Waals surface area contributed by atoms with E-state index in [0.29, 0.717) is 11.3 Å². The van der Waals surface area contributed by atoms with E-state index in [-0.39, 0.29) is 11.9 Å². The maximum absolute atomic E-state index is 14.6. The largest absolute Gasteiger partial charge is 0.314 e. The van der Waals surface area contributed by atoms with Crippen molar-refractivity contribution in [2.24, 2.45) is 0 Å². The van der Waals surface area contributed by atoms with E-state index >= 15 is 0 Å². The van der Waals surface area contributed by atoms with Gasteiger partial charge in [-0.3, -0.25) is 15.0 Å². The number of nitrogens with zero attached hydrogens (tertiary/aromatic N) is 3. The monoisotopic (exact) mass is 413 g/mol. The van der Waals surface area contributed by atoms with Crippen LogP contribution in [0.1, 0.15) is 17.2 Å². The second-order valence-electron chi connectivity index (χ2n) is 7.71. The molecule has 5 nitrogen and oxygen atoms in total. The quantitative estimate of drug-likeness (QED) is 0.513. The number of aromatic amines is 1. The van der Waals surface area contributed by atoms with Crippen LogP contribution in [0.2, 0.25) is 0 Å². The van der Waals surface area contributed by atoms with Crippen molar-refractivity contribution in [2.45, 2.75) is 6.04 Å². The minimum absolute atomic E-state index is 0.0622. The van der Waals surface area contributed by atoms with Gasteiger partial charge in [-0.15, -0.1) is 0 Å². The van der Waals surface area contributed by atoms with Crippen LogP contribution in [0.15, 0.2) is 79.1 Å². The smallest absolute Gasteiger partial charge is 0.132 e. The first-order valence-corrected chi connectivity index (χ1v) is 10.6. The molecule has 0 saturated carbocycles. The predicted molar refractivity (Wildman–Crippen MR) is 120 cm³/mol. The highest BCUT2D eigenvalue weighted by molar-refractivity contribution is 5.65. The van der Waals surface area contributed by atoms with Gasteiger partial charge in [-0.1, -0.05) is 48.5 Å². The van der Waals surface area contributed by atoms with E-state index in [0.717, 1.165) is 48.6 Å². The Hall–Kier alpha value is -3.35. The zero-order valence-corrected chi connectivity index (χ0v) is 17.1. The van der Waals surface area contributed by atoms with Crippen LogP contribution in [0.25, 0.3) is 22.5 Å². The Labute approximate surface area is 181 Å². The third kappa shape index (κ3) is 4.00. The number of aromatic nitrogens is 3. The number of benzene rings is 2. The Balaban J connectivity index is 1.57. The Kier molecular flexibility index (Phi) is 5.56. The van der Waals surface area contributed by atoms with E-state index in [1.165, 1.54) is 6.07 Å². The zero-order valence-electron chi connectivity index (χ0n) is 17.1. The summed E-state index contributed by atoms with van der Waals surface area (Å²) in [5, 5.41) is 10.7. The number of hydrogen-bond acceptors (Lipinski definition) is 4. The molecule has 1 aliphatic rings. The van der Waals surface area contributed by atoms with Gasteiger partial charge in [0.1, 0.15) is 5.82 Å². The lowest BCUT2D eigenvalue weighted by Gasteiger charge is -2.35. The van der Waals surface area contributed by atoms with Gasteiger partial charge >= 0.3 is 0 Å². The fraction of sp³-hybridized carbons (Fsp3) is 0.200. The molecule has 1 unspecified atom stereocenters. The van der Waals surface area contributed by atoms with Gasteiger partial charge in [0, 0.05) is 49.1 Å². The molecule has 3 heterocycles. The van der Waals surface area contributed by atoms with Crippen LogP contribution in [0.3, 0.4) is 0 Å². The predicted octanol–water partition coefficient (Wildman–Crippen LogP) is 4.27. The Morgan fingerprint density at radius 1 is 0.871 bits per heavy atom. The maximum Gasteiger partial charge on any atom is 0.132 e. The van der Waals surface area contributed by atoms with Crippen LogP contribution in [0, 0.1) is 5.82 Å². The minimum atomic E-state index is -0.260. The number of rotatable bonds is 5. The lowest BCUT2D eigenvalue weighted by molar-refractivity contribution is 0.198. The lowest BCUT2D eigenvalue weighted by atomic mass is 9.95. The highest BCUT2D eigenvalue weighted by Crippen LogP contribution is 2.35. The maximum atomic E-state index is 14.6. The molecule has 2 aromatic heterocycles. The Morgan fingerprint density at radius 3 is 2.39 bits per heavy atom. The molecule has 0 bridgehead atoms. The number of H-pyrrole nitrogens is 1.